The lowest BCUT2D eigenvalue weighted by Crippen LogP contribution is -2.22. The Balaban J connectivity index is 2.17. The third-order valence-corrected chi connectivity index (χ3v) is 4.67. The van der Waals surface area contributed by atoms with Crippen LogP contribution in [-0.2, 0) is 5.88 Å². The first kappa shape index (κ1) is 11.5. The van der Waals surface area contributed by atoms with Crippen molar-refractivity contribution in [3.05, 3.63) is 10.0 Å². The lowest BCUT2D eigenvalue weighted by molar-refractivity contribution is 0.418. The van der Waals surface area contributed by atoms with Crippen LogP contribution < -0.4 is 4.90 Å². The molecule has 0 spiro atoms. The summed E-state index contributed by atoms with van der Waals surface area (Å²) in [5, 5.41) is 1.58. The lowest BCUT2D eigenvalue weighted by atomic mass is 9.93. The quantitative estimate of drug-likeness (QED) is 0.757. The molecule has 2 nitrogen and oxygen atoms in total. The van der Waals surface area contributed by atoms with Crippen molar-refractivity contribution in [3.8, 4) is 0 Å². The van der Waals surface area contributed by atoms with Gasteiger partial charge < -0.3 is 4.90 Å². The maximum absolute atomic E-state index is 5.98. The van der Waals surface area contributed by atoms with Crippen molar-refractivity contribution in [1.29, 1.82) is 0 Å². The molecule has 1 fully saturated rings. The fraction of sp³-hybridized carbons (Fsp3) is 0.700. The van der Waals surface area contributed by atoms with E-state index in [2.05, 4.69) is 23.7 Å². The molecule has 84 valence electrons. The zero-order valence-electron chi connectivity index (χ0n) is 8.89. The Bertz CT molecular complexity index is 362. The average Bonchev–Trinajstić information content (AvgIpc) is 2.69. The van der Waals surface area contributed by atoms with E-state index < -0.39 is 0 Å². The molecule has 2 heterocycles. The Morgan fingerprint density at radius 1 is 1.53 bits per heavy atom. The fourth-order valence-corrected chi connectivity index (χ4v) is 3.31. The number of anilines is 1. The highest BCUT2D eigenvalue weighted by molar-refractivity contribution is 7.16. The number of rotatable bonds is 2. The highest BCUT2D eigenvalue weighted by Gasteiger charge is 2.31. The summed E-state index contributed by atoms with van der Waals surface area (Å²) < 4.78 is 0. The standard InChI is InChI=1S/C10H14Cl2N2S/c1-10(2)3-4-14(6-10)9-13-8(12)7(5-11)15-9/h3-6H2,1-2H3. The van der Waals surface area contributed by atoms with Gasteiger partial charge in [-0.1, -0.05) is 36.8 Å². The van der Waals surface area contributed by atoms with Crippen LogP contribution in [0.3, 0.4) is 0 Å². The Labute approximate surface area is 104 Å². The van der Waals surface area contributed by atoms with E-state index in [1.165, 1.54) is 6.42 Å². The summed E-state index contributed by atoms with van der Waals surface area (Å²) in [6.45, 7) is 6.69. The maximum Gasteiger partial charge on any atom is 0.187 e. The Kier molecular flexibility index (Phi) is 3.15. The fourth-order valence-electron chi connectivity index (χ4n) is 1.81. The molecule has 0 N–H and O–H groups in total. The summed E-state index contributed by atoms with van der Waals surface area (Å²) in [6.07, 6.45) is 1.21. The molecule has 1 saturated heterocycles. The van der Waals surface area contributed by atoms with Crippen LogP contribution in [0.15, 0.2) is 0 Å². The zero-order valence-corrected chi connectivity index (χ0v) is 11.2. The molecule has 1 aliphatic heterocycles. The Hall–Kier alpha value is 0.01000. The Morgan fingerprint density at radius 2 is 2.27 bits per heavy atom. The van der Waals surface area contributed by atoms with Gasteiger partial charge in [0, 0.05) is 13.1 Å². The van der Waals surface area contributed by atoms with Gasteiger partial charge in [-0.3, -0.25) is 0 Å². The van der Waals surface area contributed by atoms with E-state index in [1.54, 1.807) is 11.3 Å². The largest absolute Gasteiger partial charge is 0.347 e. The van der Waals surface area contributed by atoms with Crippen molar-refractivity contribution < 1.29 is 0 Å². The minimum atomic E-state index is 0.388. The van der Waals surface area contributed by atoms with Gasteiger partial charge in [0.25, 0.3) is 0 Å². The van der Waals surface area contributed by atoms with Crippen LogP contribution in [0, 0.1) is 5.41 Å². The van der Waals surface area contributed by atoms with Gasteiger partial charge in [-0.15, -0.1) is 11.6 Å². The predicted molar refractivity (Wildman–Crippen MR) is 67.3 cm³/mol. The smallest absolute Gasteiger partial charge is 0.187 e. The molecule has 0 aromatic carbocycles. The number of alkyl halides is 1. The first-order chi connectivity index (χ1) is 7.02. The second-order valence-electron chi connectivity index (χ2n) is 4.68. The summed E-state index contributed by atoms with van der Waals surface area (Å²) in [4.78, 5) is 7.62. The summed E-state index contributed by atoms with van der Waals surface area (Å²) >= 11 is 13.4. The monoisotopic (exact) mass is 264 g/mol. The van der Waals surface area contributed by atoms with Crippen molar-refractivity contribution in [2.24, 2.45) is 5.41 Å². The SMILES string of the molecule is CC1(C)CCN(c2nc(Cl)c(CCl)s2)C1. The van der Waals surface area contributed by atoms with Crippen molar-refractivity contribution >= 4 is 39.7 Å². The summed E-state index contributed by atoms with van der Waals surface area (Å²) in [7, 11) is 0. The second kappa shape index (κ2) is 4.11. The van der Waals surface area contributed by atoms with Crippen molar-refractivity contribution in [2.75, 3.05) is 18.0 Å². The van der Waals surface area contributed by atoms with Crippen molar-refractivity contribution in [1.82, 2.24) is 4.98 Å². The molecule has 0 bridgehead atoms. The highest BCUT2D eigenvalue weighted by Crippen LogP contribution is 2.37. The van der Waals surface area contributed by atoms with E-state index in [0.29, 0.717) is 16.4 Å². The van der Waals surface area contributed by atoms with E-state index in [9.17, 15) is 0 Å². The number of nitrogens with zero attached hydrogens (tertiary/aromatic N) is 2. The lowest BCUT2D eigenvalue weighted by Gasteiger charge is -2.18. The summed E-state index contributed by atoms with van der Waals surface area (Å²) in [5.74, 6) is 0.452. The number of halogens is 2. The van der Waals surface area contributed by atoms with Gasteiger partial charge in [-0.2, -0.15) is 0 Å². The molecule has 0 amide bonds. The van der Waals surface area contributed by atoms with Crippen LogP contribution in [0.25, 0.3) is 0 Å². The van der Waals surface area contributed by atoms with E-state index in [4.69, 9.17) is 23.2 Å². The van der Waals surface area contributed by atoms with Gasteiger partial charge in [0.2, 0.25) is 0 Å². The van der Waals surface area contributed by atoms with Crippen LogP contribution in [-0.4, -0.2) is 18.1 Å². The number of hydrogen-bond donors (Lipinski definition) is 0. The van der Waals surface area contributed by atoms with Crippen molar-refractivity contribution in [2.45, 2.75) is 26.1 Å². The predicted octanol–water partition coefficient (Wildman–Crippen LogP) is 3.77. The van der Waals surface area contributed by atoms with Gasteiger partial charge >= 0.3 is 0 Å². The Morgan fingerprint density at radius 3 is 2.73 bits per heavy atom. The molecule has 1 aromatic heterocycles. The first-order valence-corrected chi connectivity index (χ1v) is 6.71. The number of hydrogen-bond acceptors (Lipinski definition) is 3. The molecule has 1 aromatic rings. The molecular formula is C10H14Cl2N2S. The van der Waals surface area contributed by atoms with E-state index >= 15 is 0 Å². The van der Waals surface area contributed by atoms with Crippen LogP contribution >= 0.6 is 34.5 Å². The van der Waals surface area contributed by atoms with Crippen LogP contribution in [0.2, 0.25) is 5.15 Å². The third-order valence-electron chi connectivity index (χ3n) is 2.71. The molecule has 0 unspecified atom stereocenters. The molecule has 0 atom stereocenters. The molecule has 1 aliphatic rings. The van der Waals surface area contributed by atoms with E-state index in [-0.39, 0.29) is 0 Å². The molecule has 2 rings (SSSR count). The van der Waals surface area contributed by atoms with Gasteiger partial charge in [-0.25, -0.2) is 4.98 Å². The molecule has 0 radical (unpaired) electrons. The van der Waals surface area contributed by atoms with Gasteiger partial charge in [-0.05, 0) is 11.8 Å². The van der Waals surface area contributed by atoms with Gasteiger partial charge in [0.05, 0.1) is 10.8 Å². The highest BCUT2D eigenvalue weighted by atomic mass is 35.5. The van der Waals surface area contributed by atoms with Crippen molar-refractivity contribution in [3.63, 3.8) is 0 Å². The normalized spacial score (nSPS) is 19.9. The topological polar surface area (TPSA) is 16.1 Å². The summed E-state index contributed by atoms with van der Waals surface area (Å²) in [5.41, 5.74) is 0.388. The average molecular weight is 265 g/mol. The van der Waals surface area contributed by atoms with Crippen LogP contribution in [0.5, 0.6) is 0 Å². The maximum atomic E-state index is 5.98. The minimum absolute atomic E-state index is 0.388. The van der Waals surface area contributed by atoms with E-state index in [0.717, 1.165) is 23.1 Å². The van der Waals surface area contributed by atoms with Gasteiger partial charge in [0.15, 0.2) is 5.13 Å². The van der Waals surface area contributed by atoms with Gasteiger partial charge in [0.1, 0.15) is 5.15 Å². The number of thiazole rings is 1. The first-order valence-electron chi connectivity index (χ1n) is 4.98. The molecular weight excluding hydrogens is 251 g/mol. The molecule has 0 aliphatic carbocycles. The number of aromatic nitrogens is 1. The molecule has 5 heteroatoms. The van der Waals surface area contributed by atoms with Crippen LogP contribution in [0.4, 0.5) is 5.13 Å². The zero-order chi connectivity index (χ0) is 11.1. The minimum Gasteiger partial charge on any atom is -0.347 e. The van der Waals surface area contributed by atoms with Crippen LogP contribution in [0.1, 0.15) is 25.1 Å². The second-order valence-corrected chi connectivity index (χ2v) is 6.37. The van der Waals surface area contributed by atoms with E-state index in [1.807, 2.05) is 0 Å². The molecule has 0 saturated carbocycles. The third kappa shape index (κ3) is 2.40. The summed E-state index contributed by atoms with van der Waals surface area (Å²) in [6, 6.07) is 0. The molecule has 15 heavy (non-hydrogen) atoms.